The molecule has 2 heterocycles. The molecule has 0 unspecified atom stereocenters. The van der Waals surface area contributed by atoms with E-state index in [1.165, 1.54) is 0 Å². The van der Waals surface area contributed by atoms with Gasteiger partial charge in [0, 0.05) is 28.4 Å². The highest BCUT2D eigenvalue weighted by atomic mass is 32.1. The maximum atomic E-state index is 12.1. The lowest BCUT2D eigenvalue weighted by molar-refractivity contribution is -0.121. The lowest BCUT2D eigenvalue weighted by Gasteiger charge is -2.20. The van der Waals surface area contributed by atoms with E-state index in [0.717, 1.165) is 21.9 Å². The van der Waals surface area contributed by atoms with E-state index in [2.05, 4.69) is 10.3 Å². The average Bonchev–Trinajstić information content (AvgIpc) is 3.00. The van der Waals surface area contributed by atoms with Gasteiger partial charge in [-0.25, -0.2) is 4.98 Å². The molecule has 22 heavy (non-hydrogen) atoms. The van der Waals surface area contributed by atoms with Gasteiger partial charge in [-0.1, -0.05) is 30.3 Å². The largest absolute Gasteiger partial charge is 0.351 e. The van der Waals surface area contributed by atoms with Crippen LogP contribution in [0.3, 0.4) is 0 Å². The highest BCUT2D eigenvalue weighted by Gasteiger charge is 2.16. The summed E-state index contributed by atoms with van der Waals surface area (Å²) in [6.45, 7) is 5.95. The molecule has 0 aliphatic heterocycles. The van der Waals surface area contributed by atoms with Crippen LogP contribution in [0.4, 0.5) is 0 Å². The zero-order valence-electron chi connectivity index (χ0n) is 13.0. The summed E-state index contributed by atoms with van der Waals surface area (Å²) in [5.41, 5.74) is 2.78. The normalized spacial score (nSPS) is 11.8. The van der Waals surface area contributed by atoms with Gasteiger partial charge in [0.05, 0.1) is 12.1 Å². The first kappa shape index (κ1) is 14.8. The third-order valence-corrected chi connectivity index (χ3v) is 4.10. The average molecular weight is 313 g/mol. The molecule has 4 nitrogen and oxygen atoms in total. The smallest absolute Gasteiger partial charge is 0.226 e. The summed E-state index contributed by atoms with van der Waals surface area (Å²) in [4.78, 5) is 17.7. The molecule has 0 bridgehead atoms. The number of carbonyl (C=O) groups is 1. The van der Waals surface area contributed by atoms with Crippen LogP contribution in [0.25, 0.3) is 16.2 Å². The molecular formula is C17H19N3OS. The first-order valence-electron chi connectivity index (χ1n) is 7.24. The number of amides is 1. The molecule has 1 N–H and O–H groups in total. The van der Waals surface area contributed by atoms with Gasteiger partial charge < -0.3 is 5.32 Å². The zero-order valence-corrected chi connectivity index (χ0v) is 13.8. The zero-order chi connectivity index (χ0) is 15.7. The maximum Gasteiger partial charge on any atom is 0.226 e. The molecule has 114 valence electrons. The van der Waals surface area contributed by atoms with Crippen LogP contribution in [0.5, 0.6) is 0 Å². The van der Waals surface area contributed by atoms with Crippen molar-refractivity contribution in [1.82, 2.24) is 14.7 Å². The molecule has 0 radical (unpaired) electrons. The molecule has 0 aliphatic rings. The molecule has 0 saturated carbocycles. The minimum Gasteiger partial charge on any atom is -0.351 e. The standard InChI is InChI=1S/C17H19N3OS/c1-17(2,3)19-15(21)9-13-11-22-16-18-14(10-20(13)16)12-7-5-4-6-8-12/h4-8,10-11H,9H2,1-3H3,(H,19,21). The number of benzene rings is 1. The Labute approximate surface area is 133 Å². The van der Waals surface area contributed by atoms with E-state index >= 15 is 0 Å². The predicted molar refractivity (Wildman–Crippen MR) is 90.1 cm³/mol. The number of carbonyl (C=O) groups excluding carboxylic acids is 1. The second kappa shape index (κ2) is 5.57. The molecule has 3 aromatic rings. The molecule has 0 spiro atoms. The van der Waals surface area contributed by atoms with Crippen LogP contribution in [-0.2, 0) is 11.2 Å². The molecular weight excluding hydrogens is 294 g/mol. The van der Waals surface area contributed by atoms with Crippen molar-refractivity contribution >= 4 is 22.2 Å². The van der Waals surface area contributed by atoms with Crippen molar-refractivity contribution in [3.8, 4) is 11.3 Å². The molecule has 0 atom stereocenters. The first-order chi connectivity index (χ1) is 10.4. The Balaban J connectivity index is 1.86. The van der Waals surface area contributed by atoms with Gasteiger partial charge in [-0.05, 0) is 20.8 Å². The third-order valence-electron chi connectivity index (χ3n) is 3.21. The van der Waals surface area contributed by atoms with Crippen molar-refractivity contribution in [3.05, 3.63) is 47.6 Å². The number of rotatable bonds is 3. The Morgan fingerprint density at radius 3 is 2.68 bits per heavy atom. The molecule has 3 rings (SSSR count). The molecule has 1 amide bonds. The van der Waals surface area contributed by atoms with E-state index in [-0.39, 0.29) is 11.4 Å². The molecule has 2 aromatic heterocycles. The summed E-state index contributed by atoms with van der Waals surface area (Å²) in [6.07, 6.45) is 2.36. The van der Waals surface area contributed by atoms with Crippen LogP contribution in [0.15, 0.2) is 41.9 Å². The second-order valence-electron chi connectivity index (χ2n) is 6.35. The van der Waals surface area contributed by atoms with Crippen LogP contribution < -0.4 is 5.32 Å². The summed E-state index contributed by atoms with van der Waals surface area (Å²) in [7, 11) is 0. The van der Waals surface area contributed by atoms with Crippen molar-refractivity contribution in [2.75, 3.05) is 0 Å². The van der Waals surface area contributed by atoms with Gasteiger partial charge in [-0.15, -0.1) is 11.3 Å². The summed E-state index contributed by atoms with van der Waals surface area (Å²) in [6, 6.07) is 10.1. The Kier molecular flexibility index (Phi) is 3.74. The second-order valence-corrected chi connectivity index (χ2v) is 7.18. The van der Waals surface area contributed by atoms with Crippen LogP contribution in [0, 0.1) is 0 Å². The van der Waals surface area contributed by atoms with Gasteiger partial charge in [0.2, 0.25) is 5.91 Å². The molecule has 5 heteroatoms. The monoisotopic (exact) mass is 313 g/mol. The van der Waals surface area contributed by atoms with Gasteiger partial charge in [0.15, 0.2) is 4.96 Å². The highest BCUT2D eigenvalue weighted by molar-refractivity contribution is 7.15. The van der Waals surface area contributed by atoms with E-state index in [0.29, 0.717) is 6.42 Å². The van der Waals surface area contributed by atoms with Crippen molar-refractivity contribution < 1.29 is 4.79 Å². The summed E-state index contributed by atoms with van der Waals surface area (Å²) < 4.78 is 2.01. The lowest BCUT2D eigenvalue weighted by atomic mass is 10.1. The molecule has 0 fully saturated rings. The van der Waals surface area contributed by atoms with Crippen molar-refractivity contribution in [2.24, 2.45) is 0 Å². The SMILES string of the molecule is CC(C)(C)NC(=O)Cc1csc2nc(-c3ccccc3)cn12. The summed E-state index contributed by atoms with van der Waals surface area (Å²) >= 11 is 1.56. The Morgan fingerprint density at radius 1 is 1.27 bits per heavy atom. The number of hydrogen-bond donors (Lipinski definition) is 1. The van der Waals surface area contributed by atoms with Gasteiger partial charge in [-0.3, -0.25) is 9.20 Å². The van der Waals surface area contributed by atoms with Gasteiger partial charge in [-0.2, -0.15) is 0 Å². The summed E-state index contributed by atoms with van der Waals surface area (Å²) in [5, 5.41) is 4.99. The van der Waals surface area contributed by atoms with Crippen molar-refractivity contribution in [2.45, 2.75) is 32.7 Å². The number of hydrogen-bond acceptors (Lipinski definition) is 3. The summed E-state index contributed by atoms with van der Waals surface area (Å²) in [5.74, 6) is 0.0298. The minimum absolute atomic E-state index is 0.0298. The molecule has 0 aliphatic carbocycles. The van der Waals surface area contributed by atoms with Gasteiger partial charge in [0.1, 0.15) is 0 Å². The Morgan fingerprint density at radius 2 is 2.00 bits per heavy atom. The fourth-order valence-corrected chi connectivity index (χ4v) is 3.20. The highest BCUT2D eigenvalue weighted by Crippen LogP contribution is 2.23. The lowest BCUT2D eigenvalue weighted by Crippen LogP contribution is -2.41. The van der Waals surface area contributed by atoms with Crippen LogP contribution in [0.1, 0.15) is 26.5 Å². The van der Waals surface area contributed by atoms with E-state index in [1.54, 1.807) is 11.3 Å². The third kappa shape index (κ3) is 3.20. The van der Waals surface area contributed by atoms with Gasteiger partial charge >= 0.3 is 0 Å². The van der Waals surface area contributed by atoms with E-state index in [9.17, 15) is 4.79 Å². The van der Waals surface area contributed by atoms with Gasteiger partial charge in [0.25, 0.3) is 0 Å². The van der Waals surface area contributed by atoms with E-state index in [1.807, 2.05) is 67.1 Å². The number of fused-ring (bicyclic) bond motifs is 1. The number of nitrogens with one attached hydrogen (secondary N) is 1. The van der Waals surface area contributed by atoms with Crippen LogP contribution in [0.2, 0.25) is 0 Å². The van der Waals surface area contributed by atoms with Crippen LogP contribution in [-0.4, -0.2) is 20.8 Å². The number of imidazole rings is 1. The number of nitrogens with zero attached hydrogens (tertiary/aromatic N) is 2. The van der Waals surface area contributed by atoms with Crippen LogP contribution >= 0.6 is 11.3 Å². The fourth-order valence-electron chi connectivity index (χ4n) is 2.33. The molecule has 1 aromatic carbocycles. The van der Waals surface area contributed by atoms with E-state index in [4.69, 9.17) is 0 Å². The number of thiazole rings is 1. The Bertz CT molecular complexity index is 796. The Hall–Kier alpha value is -2.14. The maximum absolute atomic E-state index is 12.1. The molecule has 0 saturated heterocycles. The predicted octanol–water partition coefficient (Wildman–Crippen LogP) is 3.52. The minimum atomic E-state index is -0.212. The first-order valence-corrected chi connectivity index (χ1v) is 8.12. The topological polar surface area (TPSA) is 46.4 Å². The van der Waals surface area contributed by atoms with E-state index < -0.39 is 0 Å². The van der Waals surface area contributed by atoms with Crippen molar-refractivity contribution in [1.29, 1.82) is 0 Å². The quantitative estimate of drug-likeness (QED) is 0.804. The number of aromatic nitrogens is 2. The fraction of sp³-hybridized carbons (Fsp3) is 0.294. The van der Waals surface area contributed by atoms with Crippen molar-refractivity contribution in [3.63, 3.8) is 0 Å².